The fourth-order valence-corrected chi connectivity index (χ4v) is 1.35. The summed E-state index contributed by atoms with van der Waals surface area (Å²) in [6, 6.07) is 0. The molecule has 0 N–H and O–H groups in total. The lowest BCUT2D eigenvalue weighted by Crippen LogP contribution is -2.00. The van der Waals surface area contributed by atoms with Crippen molar-refractivity contribution in [3.63, 3.8) is 0 Å². The van der Waals surface area contributed by atoms with E-state index in [4.69, 9.17) is 11.6 Å². The van der Waals surface area contributed by atoms with Gasteiger partial charge in [-0.15, -0.1) is 0 Å². The highest BCUT2D eigenvalue weighted by atomic mass is 35.5. The summed E-state index contributed by atoms with van der Waals surface area (Å²) in [5, 5.41) is 0.935. The second-order valence-corrected chi connectivity index (χ2v) is 3.27. The summed E-state index contributed by atoms with van der Waals surface area (Å²) < 4.78 is 0. The lowest BCUT2D eigenvalue weighted by molar-refractivity contribution is 0.613. The van der Waals surface area contributed by atoms with Gasteiger partial charge < -0.3 is 0 Å². The summed E-state index contributed by atoms with van der Waals surface area (Å²) in [6.07, 6.45) is 6.59. The van der Waals surface area contributed by atoms with Crippen molar-refractivity contribution in [2.24, 2.45) is 5.92 Å². The van der Waals surface area contributed by atoms with E-state index in [9.17, 15) is 0 Å². The lowest BCUT2D eigenvalue weighted by atomic mass is 9.93. The van der Waals surface area contributed by atoms with Crippen molar-refractivity contribution in [1.82, 2.24) is 0 Å². The zero-order valence-electron chi connectivity index (χ0n) is 6.52. The van der Waals surface area contributed by atoms with E-state index in [-0.39, 0.29) is 0 Å². The minimum atomic E-state index is 0.725. The van der Waals surface area contributed by atoms with Gasteiger partial charge in [-0.05, 0) is 31.8 Å². The molecule has 0 nitrogen and oxygen atoms in total. The van der Waals surface area contributed by atoms with E-state index < -0.39 is 0 Å². The van der Waals surface area contributed by atoms with Gasteiger partial charge in [-0.3, -0.25) is 0 Å². The maximum absolute atomic E-state index is 5.88. The average molecular weight is 157 g/mol. The molecule has 0 heterocycles. The van der Waals surface area contributed by atoms with Gasteiger partial charge in [0.15, 0.2) is 0 Å². The normalized spacial score (nSPS) is 25.7. The van der Waals surface area contributed by atoms with Crippen LogP contribution in [0.1, 0.15) is 26.7 Å². The van der Waals surface area contributed by atoms with Crippen molar-refractivity contribution < 1.29 is 0 Å². The first-order valence-corrected chi connectivity index (χ1v) is 4.15. The summed E-state index contributed by atoms with van der Waals surface area (Å²) in [4.78, 5) is 0. The highest BCUT2D eigenvalue weighted by molar-refractivity contribution is 6.31. The minimum Gasteiger partial charge on any atom is -0.0844 e. The fraction of sp³-hybridized carbons (Fsp3) is 0.556. The molecular weight excluding hydrogens is 144 g/mol. The Morgan fingerprint density at radius 2 is 2.40 bits per heavy atom. The van der Waals surface area contributed by atoms with Gasteiger partial charge in [0.05, 0.1) is 0 Å². The third kappa shape index (κ3) is 1.63. The van der Waals surface area contributed by atoms with Crippen molar-refractivity contribution in [2.75, 3.05) is 0 Å². The van der Waals surface area contributed by atoms with E-state index in [1.54, 1.807) is 0 Å². The summed E-state index contributed by atoms with van der Waals surface area (Å²) >= 11 is 5.88. The standard InChI is InChI=1S/C9H13Cl/c1-3-8-4-5-9(10)7(2)6-8/h4-5,8H,3,6H2,1-2H3. The van der Waals surface area contributed by atoms with Gasteiger partial charge in [0.25, 0.3) is 0 Å². The molecule has 1 rings (SSSR count). The van der Waals surface area contributed by atoms with Crippen LogP contribution in [0.15, 0.2) is 22.8 Å². The Balaban J connectivity index is 2.65. The molecule has 1 atom stereocenters. The first kappa shape index (κ1) is 7.87. The number of hydrogen-bond donors (Lipinski definition) is 0. The molecule has 0 aromatic heterocycles. The Bertz CT molecular complexity index is 177. The van der Waals surface area contributed by atoms with Crippen molar-refractivity contribution in [3.8, 4) is 0 Å². The Morgan fingerprint density at radius 1 is 1.70 bits per heavy atom. The van der Waals surface area contributed by atoms with Crippen LogP contribution in [0.2, 0.25) is 0 Å². The van der Waals surface area contributed by atoms with Crippen molar-refractivity contribution >= 4 is 11.6 Å². The molecule has 0 saturated carbocycles. The zero-order valence-corrected chi connectivity index (χ0v) is 7.28. The van der Waals surface area contributed by atoms with Crippen LogP contribution in [-0.2, 0) is 0 Å². The Morgan fingerprint density at radius 3 is 2.90 bits per heavy atom. The molecule has 1 unspecified atom stereocenters. The van der Waals surface area contributed by atoms with Crippen LogP contribution in [0.5, 0.6) is 0 Å². The summed E-state index contributed by atoms with van der Waals surface area (Å²) in [5.74, 6) is 0.725. The van der Waals surface area contributed by atoms with E-state index in [0.717, 1.165) is 17.4 Å². The molecule has 10 heavy (non-hydrogen) atoms. The van der Waals surface area contributed by atoms with Crippen molar-refractivity contribution in [2.45, 2.75) is 26.7 Å². The van der Waals surface area contributed by atoms with E-state index in [1.807, 2.05) is 6.08 Å². The maximum atomic E-state index is 5.88. The maximum Gasteiger partial charge on any atom is 0.0392 e. The van der Waals surface area contributed by atoms with Gasteiger partial charge in [0.1, 0.15) is 0 Å². The van der Waals surface area contributed by atoms with Crippen molar-refractivity contribution in [1.29, 1.82) is 0 Å². The summed E-state index contributed by atoms with van der Waals surface area (Å²) in [7, 11) is 0. The molecule has 0 amide bonds. The second kappa shape index (κ2) is 3.25. The van der Waals surface area contributed by atoms with Crippen LogP contribution in [0.4, 0.5) is 0 Å². The van der Waals surface area contributed by atoms with Crippen LogP contribution in [0, 0.1) is 5.92 Å². The topological polar surface area (TPSA) is 0 Å². The SMILES string of the molecule is CCC1C=CC(Cl)=C(C)C1. The predicted octanol–water partition coefficient (Wildman–Crippen LogP) is 3.49. The number of halogens is 1. The highest BCUT2D eigenvalue weighted by Gasteiger charge is 2.09. The molecule has 1 aliphatic rings. The third-order valence-corrected chi connectivity index (χ3v) is 2.46. The summed E-state index contributed by atoms with van der Waals surface area (Å²) in [6.45, 7) is 4.32. The summed E-state index contributed by atoms with van der Waals surface area (Å²) in [5.41, 5.74) is 1.33. The molecular formula is C9H13Cl. The van der Waals surface area contributed by atoms with Gasteiger partial charge in [0.2, 0.25) is 0 Å². The average Bonchev–Trinajstić information content (AvgIpc) is 1.95. The number of hydrogen-bond acceptors (Lipinski definition) is 0. The molecule has 0 spiro atoms. The van der Waals surface area contributed by atoms with E-state index >= 15 is 0 Å². The molecule has 0 saturated heterocycles. The monoisotopic (exact) mass is 156 g/mol. The van der Waals surface area contributed by atoms with Crippen LogP contribution in [-0.4, -0.2) is 0 Å². The smallest absolute Gasteiger partial charge is 0.0392 e. The number of allylic oxidation sites excluding steroid dienone is 4. The van der Waals surface area contributed by atoms with Crippen molar-refractivity contribution in [3.05, 3.63) is 22.8 Å². The molecule has 0 radical (unpaired) electrons. The molecule has 0 aliphatic heterocycles. The molecule has 0 bridgehead atoms. The van der Waals surface area contributed by atoms with E-state index in [0.29, 0.717) is 0 Å². The molecule has 56 valence electrons. The van der Waals surface area contributed by atoms with Gasteiger partial charge in [-0.25, -0.2) is 0 Å². The van der Waals surface area contributed by atoms with Gasteiger partial charge >= 0.3 is 0 Å². The predicted molar refractivity (Wildman–Crippen MR) is 46.1 cm³/mol. The Hall–Kier alpha value is -0.230. The fourth-order valence-electron chi connectivity index (χ4n) is 1.20. The van der Waals surface area contributed by atoms with Gasteiger partial charge in [-0.1, -0.05) is 30.2 Å². The van der Waals surface area contributed by atoms with Crippen LogP contribution in [0.25, 0.3) is 0 Å². The molecule has 0 fully saturated rings. The Labute approximate surface area is 67.6 Å². The van der Waals surface area contributed by atoms with E-state index in [2.05, 4.69) is 19.9 Å². The van der Waals surface area contributed by atoms with Crippen LogP contribution < -0.4 is 0 Å². The highest BCUT2D eigenvalue weighted by Crippen LogP contribution is 2.26. The number of rotatable bonds is 1. The second-order valence-electron chi connectivity index (χ2n) is 2.86. The Kier molecular flexibility index (Phi) is 2.56. The van der Waals surface area contributed by atoms with Crippen LogP contribution >= 0.6 is 11.6 Å². The molecule has 1 heteroatoms. The van der Waals surface area contributed by atoms with Crippen LogP contribution in [0.3, 0.4) is 0 Å². The quantitative estimate of drug-likeness (QED) is 0.545. The first-order valence-electron chi connectivity index (χ1n) is 3.77. The lowest BCUT2D eigenvalue weighted by Gasteiger charge is -2.15. The van der Waals surface area contributed by atoms with Gasteiger partial charge in [-0.2, -0.15) is 0 Å². The zero-order chi connectivity index (χ0) is 7.56. The molecule has 1 aliphatic carbocycles. The molecule has 0 aromatic carbocycles. The van der Waals surface area contributed by atoms with E-state index in [1.165, 1.54) is 12.0 Å². The minimum absolute atomic E-state index is 0.725. The van der Waals surface area contributed by atoms with Gasteiger partial charge in [0, 0.05) is 5.03 Å². The largest absolute Gasteiger partial charge is 0.0844 e. The molecule has 0 aromatic rings. The first-order chi connectivity index (χ1) is 4.74. The third-order valence-electron chi connectivity index (χ3n) is 2.02.